The first-order valence-corrected chi connectivity index (χ1v) is 11.1. The van der Waals surface area contributed by atoms with Gasteiger partial charge in [0, 0.05) is 50.7 Å². The maximum atomic E-state index is 12.3. The normalized spacial score (nSPS) is 13.0. The second-order valence-electron chi connectivity index (χ2n) is 8.01. The first-order chi connectivity index (χ1) is 18.0. The second kappa shape index (κ2) is 14.1. The molecule has 1 aliphatic heterocycles. The first kappa shape index (κ1) is 32.8. The molecule has 0 saturated carbocycles. The molecule has 4 N–H and O–H groups in total. The number of hydrogen-bond donors (Lipinski definition) is 4. The number of halogens is 6. The summed E-state index contributed by atoms with van der Waals surface area (Å²) in [5.74, 6) is -4.24. The Kier molecular flexibility index (Phi) is 11.9. The Morgan fingerprint density at radius 1 is 0.949 bits per heavy atom. The van der Waals surface area contributed by atoms with E-state index in [1.165, 1.54) is 0 Å². The van der Waals surface area contributed by atoms with E-state index >= 15 is 0 Å². The predicted molar refractivity (Wildman–Crippen MR) is 125 cm³/mol. The van der Waals surface area contributed by atoms with E-state index < -0.39 is 24.3 Å². The summed E-state index contributed by atoms with van der Waals surface area (Å²) in [6.07, 6.45) is -5.04. The fourth-order valence-electron chi connectivity index (χ4n) is 2.98. The number of rotatable bonds is 4. The van der Waals surface area contributed by atoms with Gasteiger partial charge in [-0.25, -0.2) is 24.5 Å². The van der Waals surface area contributed by atoms with E-state index in [9.17, 15) is 31.1 Å². The standard InChI is InChI=1S/C18H24N6O.2C2HF3O2/c1-12(2)22-16-14(17(25)19-3)11-13-5-9-24(10-6-15(13)23-16)18-20-7-4-8-21-18;2*3-2(4,5)1(6)7/h4,7-8,11-12H,5-6,9-10H2,1-3H3,(H,19,25)(H,22,23);2*(H,6,7). The highest BCUT2D eigenvalue weighted by molar-refractivity contribution is 5.98. The van der Waals surface area contributed by atoms with Gasteiger partial charge < -0.3 is 25.7 Å². The molecule has 1 amide bonds. The Balaban J connectivity index is 0.000000449. The molecule has 2 aromatic rings. The lowest BCUT2D eigenvalue weighted by molar-refractivity contribution is -0.193. The van der Waals surface area contributed by atoms with Crippen LogP contribution in [0.1, 0.15) is 35.5 Å². The van der Waals surface area contributed by atoms with Gasteiger partial charge in [0.2, 0.25) is 5.95 Å². The van der Waals surface area contributed by atoms with E-state index in [0.29, 0.717) is 11.4 Å². The number of hydrogen-bond acceptors (Lipinski definition) is 8. The number of nitrogens with one attached hydrogen (secondary N) is 2. The van der Waals surface area contributed by atoms with Gasteiger partial charge in [-0.3, -0.25) is 4.79 Å². The molecular formula is C22H26F6N6O5. The quantitative estimate of drug-likeness (QED) is 0.404. The van der Waals surface area contributed by atoms with Crippen molar-refractivity contribution < 1.29 is 50.9 Å². The van der Waals surface area contributed by atoms with Crippen LogP contribution in [0.25, 0.3) is 0 Å². The van der Waals surface area contributed by atoms with Crippen LogP contribution in [-0.2, 0) is 22.4 Å². The Bertz CT molecular complexity index is 1100. The van der Waals surface area contributed by atoms with Gasteiger partial charge in [-0.05, 0) is 38.0 Å². The summed E-state index contributed by atoms with van der Waals surface area (Å²) >= 11 is 0. The Morgan fingerprint density at radius 3 is 1.87 bits per heavy atom. The molecule has 1 aliphatic rings. The van der Waals surface area contributed by atoms with Crippen LogP contribution in [-0.4, -0.2) is 81.5 Å². The van der Waals surface area contributed by atoms with Gasteiger partial charge in [0.25, 0.3) is 5.91 Å². The number of carboxylic acids is 2. The molecule has 11 nitrogen and oxygen atoms in total. The number of pyridine rings is 1. The molecule has 0 unspecified atom stereocenters. The van der Waals surface area contributed by atoms with Gasteiger partial charge in [-0.1, -0.05) is 0 Å². The molecule has 0 aromatic carbocycles. The number of carbonyl (C=O) groups excluding carboxylic acids is 1. The third kappa shape index (κ3) is 11.0. The third-order valence-electron chi connectivity index (χ3n) is 4.68. The number of aromatic nitrogens is 3. The second-order valence-corrected chi connectivity index (χ2v) is 8.01. The van der Waals surface area contributed by atoms with Crippen LogP contribution in [0, 0.1) is 0 Å². The molecule has 2 aromatic heterocycles. The molecule has 3 rings (SSSR count). The minimum atomic E-state index is -5.08. The van der Waals surface area contributed by atoms with Crippen LogP contribution in [0.2, 0.25) is 0 Å². The van der Waals surface area contributed by atoms with Crippen molar-refractivity contribution in [1.82, 2.24) is 20.3 Å². The zero-order chi connectivity index (χ0) is 30.0. The molecule has 39 heavy (non-hydrogen) atoms. The number of alkyl halides is 6. The summed E-state index contributed by atoms with van der Waals surface area (Å²) in [7, 11) is 1.64. The lowest BCUT2D eigenvalue weighted by atomic mass is 10.0. The topological polar surface area (TPSA) is 158 Å². The van der Waals surface area contributed by atoms with Crippen molar-refractivity contribution in [2.24, 2.45) is 0 Å². The average molecular weight is 568 g/mol. The van der Waals surface area contributed by atoms with Crippen LogP contribution in [0.5, 0.6) is 0 Å². The van der Waals surface area contributed by atoms with Crippen molar-refractivity contribution >= 4 is 29.6 Å². The molecule has 0 fully saturated rings. The largest absolute Gasteiger partial charge is 0.490 e. The zero-order valence-corrected chi connectivity index (χ0v) is 20.9. The van der Waals surface area contributed by atoms with Crippen molar-refractivity contribution in [3.63, 3.8) is 0 Å². The number of fused-ring (bicyclic) bond motifs is 1. The van der Waals surface area contributed by atoms with Crippen LogP contribution in [0.3, 0.4) is 0 Å². The predicted octanol–water partition coefficient (Wildman–Crippen LogP) is 2.92. The summed E-state index contributed by atoms with van der Waals surface area (Å²) in [4.78, 5) is 45.7. The fraction of sp³-hybridized carbons (Fsp3) is 0.455. The van der Waals surface area contributed by atoms with Crippen molar-refractivity contribution in [2.45, 2.75) is 45.1 Å². The number of anilines is 2. The summed E-state index contributed by atoms with van der Waals surface area (Å²) in [6, 6.07) is 3.99. The monoisotopic (exact) mass is 568 g/mol. The van der Waals surface area contributed by atoms with Gasteiger partial charge >= 0.3 is 24.3 Å². The Morgan fingerprint density at radius 2 is 1.44 bits per heavy atom. The number of nitrogens with zero attached hydrogens (tertiary/aromatic N) is 4. The molecule has 3 heterocycles. The molecule has 0 saturated heterocycles. The highest BCUT2D eigenvalue weighted by Crippen LogP contribution is 2.23. The molecular weight excluding hydrogens is 542 g/mol. The smallest absolute Gasteiger partial charge is 0.475 e. The molecule has 0 atom stereocenters. The minimum Gasteiger partial charge on any atom is -0.475 e. The van der Waals surface area contributed by atoms with Gasteiger partial charge in [-0.2, -0.15) is 26.3 Å². The van der Waals surface area contributed by atoms with Gasteiger partial charge in [0.1, 0.15) is 5.82 Å². The average Bonchev–Trinajstić information content (AvgIpc) is 3.05. The summed E-state index contributed by atoms with van der Waals surface area (Å²) in [5.41, 5.74) is 2.75. The van der Waals surface area contributed by atoms with E-state index in [1.54, 1.807) is 19.4 Å². The van der Waals surface area contributed by atoms with E-state index in [4.69, 9.17) is 24.8 Å². The van der Waals surface area contributed by atoms with E-state index in [1.807, 2.05) is 26.0 Å². The summed E-state index contributed by atoms with van der Waals surface area (Å²) in [5, 5.41) is 20.2. The van der Waals surface area contributed by atoms with Crippen LogP contribution < -0.4 is 15.5 Å². The molecule has 0 aliphatic carbocycles. The van der Waals surface area contributed by atoms with Gasteiger partial charge in [-0.15, -0.1) is 0 Å². The maximum absolute atomic E-state index is 12.3. The lowest BCUT2D eigenvalue weighted by Gasteiger charge is -2.19. The van der Waals surface area contributed by atoms with E-state index in [-0.39, 0.29) is 11.9 Å². The third-order valence-corrected chi connectivity index (χ3v) is 4.68. The molecule has 0 spiro atoms. The maximum Gasteiger partial charge on any atom is 0.490 e. The lowest BCUT2D eigenvalue weighted by Crippen LogP contribution is -2.27. The highest BCUT2D eigenvalue weighted by Gasteiger charge is 2.38. The SMILES string of the molecule is CNC(=O)c1cc2c(nc1NC(C)C)CCN(c1ncccn1)CC2.O=C(O)C(F)(F)F.O=C(O)C(F)(F)F. The molecule has 17 heteroatoms. The van der Waals surface area contributed by atoms with Crippen molar-refractivity contribution in [3.8, 4) is 0 Å². The molecule has 216 valence electrons. The fourth-order valence-corrected chi connectivity index (χ4v) is 2.98. The van der Waals surface area contributed by atoms with Gasteiger partial charge in [0.05, 0.1) is 5.56 Å². The number of aliphatic carboxylic acids is 2. The summed E-state index contributed by atoms with van der Waals surface area (Å²) < 4.78 is 63.5. The Hall–Kier alpha value is -4.18. The van der Waals surface area contributed by atoms with Crippen molar-refractivity contribution in [2.75, 3.05) is 30.4 Å². The van der Waals surface area contributed by atoms with Crippen LogP contribution in [0.15, 0.2) is 24.5 Å². The van der Waals surface area contributed by atoms with Crippen LogP contribution >= 0.6 is 0 Å². The Labute approximate surface area is 218 Å². The van der Waals surface area contributed by atoms with E-state index in [2.05, 4.69) is 25.5 Å². The summed E-state index contributed by atoms with van der Waals surface area (Å²) in [6.45, 7) is 5.69. The van der Waals surface area contributed by atoms with E-state index in [0.717, 1.165) is 43.1 Å². The van der Waals surface area contributed by atoms with Crippen molar-refractivity contribution in [1.29, 1.82) is 0 Å². The first-order valence-electron chi connectivity index (χ1n) is 11.1. The highest BCUT2D eigenvalue weighted by atomic mass is 19.4. The van der Waals surface area contributed by atoms with Crippen molar-refractivity contribution in [3.05, 3.63) is 41.3 Å². The van der Waals surface area contributed by atoms with Crippen LogP contribution in [0.4, 0.5) is 38.1 Å². The minimum absolute atomic E-state index is 0.119. The molecule has 0 bridgehead atoms. The van der Waals surface area contributed by atoms with Gasteiger partial charge in [0.15, 0.2) is 0 Å². The number of carboxylic acid groups (broad SMARTS) is 2. The molecule has 0 radical (unpaired) electrons. The number of carbonyl (C=O) groups is 3. The zero-order valence-electron chi connectivity index (χ0n) is 20.9. The number of amides is 1.